The maximum Gasteiger partial charge on any atom is 0.338 e. The third-order valence-electron chi connectivity index (χ3n) is 7.55. The highest BCUT2D eigenvalue weighted by Crippen LogP contribution is 2.42. The van der Waals surface area contributed by atoms with Crippen LogP contribution in [0.15, 0.2) is 77.7 Å². The Hall–Kier alpha value is -4.39. The summed E-state index contributed by atoms with van der Waals surface area (Å²) in [6.45, 7) is 20.0. The first-order valence-corrected chi connectivity index (χ1v) is 15.8. The number of nitrogens with zero attached hydrogens (tertiary/aromatic N) is 2. The first kappa shape index (κ1) is 34.1. The molecule has 0 saturated heterocycles. The molecule has 1 aliphatic carbocycles. The van der Waals surface area contributed by atoms with Crippen molar-refractivity contribution in [1.82, 2.24) is 4.58 Å². The van der Waals surface area contributed by atoms with Crippen LogP contribution in [-0.2, 0) is 14.3 Å². The van der Waals surface area contributed by atoms with Gasteiger partial charge in [-0.15, -0.1) is 0 Å². The van der Waals surface area contributed by atoms with Crippen LogP contribution in [-0.4, -0.2) is 51.3 Å². The summed E-state index contributed by atoms with van der Waals surface area (Å²) >= 11 is 0. The number of carbonyl (C=O) groups excluding carboxylic acids is 2. The van der Waals surface area contributed by atoms with Crippen molar-refractivity contribution in [3.63, 3.8) is 0 Å². The summed E-state index contributed by atoms with van der Waals surface area (Å²) in [7, 11) is 0. The van der Waals surface area contributed by atoms with Gasteiger partial charge in [0.1, 0.15) is 24.4 Å². The van der Waals surface area contributed by atoms with Crippen LogP contribution in [0.4, 0.5) is 5.69 Å². The van der Waals surface area contributed by atoms with E-state index in [2.05, 4.69) is 80.1 Å². The number of benzene rings is 3. The molecule has 7 heteroatoms. The molecule has 2 aliphatic rings. The molecule has 2 aromatic carbocycles. The van der Waals surface area contributed by atoms with Gasteiger partial charge in [0.05, 0.1) is 24.8 Å². The van der Waals surface area contributed by atoms with E-state index in [1.807, 2.05) is 32.0 Å². The third kappa shape index (κ3) is 7.95. The quantitative estimate of drug-likeness (QED) is 0.0519. The van der Waals surface area contributed by atoms with E-state index in [-0.39, 0.29) is 13.2 Å². The SMILES string of the molecule is C=CC(=O)OCCCCOC(=O)c1ccccc1-c1c2ccc(=[N+](CC)CC)cc-2oc2cc(N(CC)CC)ccc12.CC. The van der Waals surface area contributed by atoms with Crippen molar-refractivity contribution in [2.45, 2.75) is 54.4 Å². The van der Waals surface area contributed by atoms with Crippen LogP contribution in [0.1, 0.15) is 64.7 Å². The number of anilines is 1. The molecule has 0 atom stereocenters. The number of carbonyl (C=O) groups is 2. The number of esters is 2. The zero-order valence-corrected chi connectivity index (χ0v) is 27.2. The van der Waals surface area contributed by atoms with Crippen molar-refractivity contribution in [3.05, 3.63) is 84.2 Å². The van der Waals surface area contributed by atoms with Crippen LogP contribution in [0, 0.1) is 0 Å². The molecule has 0 spiro atoms. The fourth-order valence-corrected chi connectivity index (χ4v) is 5.29. The lowest BCUT2D eigenvalue weighted by Crippen LogP contribution is -2.29. The minimum atomic E-state index is -0.455. The highest BCUT2D eigenvalue weighted by Gasteiger charge is 2.23. The van der Waals surface area contributed by atoms with Crippen molar-refractivity contribution in [2.75, 3.05) is 44.3 Å². The van der Waals surface area contributed by atoms with Gasteiger partial charge in [0.25, 0.3) is 0 Å². The zero-order valence-electron chi connectivity index (χ0n) is 27.2. The fourth-order valence-electron chi connectivity index (χ4n) is 5.29. The van der Waals surface area contributed by atoms with E-state index >= 15 is 0 Å². The number of rotatable bonds is 13. The number of hydrogen-bond donors (Lipinski definition) is 0. The first-order chi connectivity index (χ1) is 21.4. The van der Waals surface area contributed by atoms with Crippen molar-refractivity contribution in [3.8, 4) is 22.5 Å². The normalized spacial score (nSPS) is 10.6. The van der Waals surface area contributed by atoms with Crippen molar-refractivity contribution < 1.29 is 23.5 Å². The maximum absolute atomic E-state index is 13.4. The lowest BCUT2D eigenvalue weighted by Gasteiger charge is -2.22. The molecule has 1 heterocycles. The molecule has 0 amide bonds. The second-order valence-corrected chi connectivity index (χ2v) is 9.94. The van der Waals surface area contributed by atoms with E-state index in [0.29, 0.717) is 18.4 Å². The van der Waals surface area contributed by atoms with E-state index < -0.39 is 11.9 Å². The number of hydrogen-bond acceptors (Lipinski definition) is 6. The van der Waals surface area contributed by atoms with Crippen LogP contribution in [0.25, 0.3) is 33.4 Å². The van der Waals surface area contributed by atoms with Gasteiger partial charge in [0.15, 0.2) is 0 Å². The lowest BCUT2D eigenvalue weighted by molar-refractivity contribution is -0.137. The number of ether oxygens (including phenoxy) is 2. The molecule has 44 heavy (non-hydrogen) atoms. The highest BCUT2D eigenvalue weighted by atomic mass is 16.5. The molecule has 1 aliphatic heterocycles. The average Bonchev–Trinajstić information content (AvgIpc) is 3.06. The van der Waals surface area contributed by atoms with E-state index in [1.54, 1.807) is 6.07 Å². The van der Waals surface area contributed by atoms with E-state index in [9.17, 15) is 9.59 Å². The van der Waals surface area contributed by atoms with E-state index in [0.717, 1.165) is 76.7 Å². The number of unbranched alkanes of at least 4 members (excludes halogenated alkanes) is 1. The molecule has 0 N–H and O–H groups in total. The molecular formula is C37H47N2O5+. The molecule has 0 bridgehead atoms. The van der Waals surface area contributed by atoms with Crippen molar-refractivity contribution >= 4 is 28.6 Å². The van der Waals surface area contributed by atoms with Gasteiger partial charge in [-0.25, -0.2) is 14.2 Å². The molecule has 0 radical (unpaired) electrons. The molecule has 0 saturated carbocycles. The summed E-state index contributed by atoms with van der Waals surface area (Å²) in [5, 5.41) is 2.02. The Morgan fingerprint density at radius 2 is 1.55 bits per heavy atom. The van der Waals surface area contributed by atoms with Gasteiger partial charge in [-0.1, -0.05) is 38.6 Å². The van der Waals surface area contributed by atoms with Gasteiger partial charge >= 0.3 is 11.9 Å². The Balaban J connectivity index is 0.00000259. The third-order valence-corrected chi connectivity index (χ3v) is 7.55. The second kappa shape index (κ2) is 17.0. The highest BCUT2D eigenvalue weighted by molar-refractivity contribution is 6.08. The van der Waals surface area contributed by atoms with Crippen LogP contribution in [0.3, 0.4) is 0 Å². The molecule has 0 unspecified atom stereocenters. The molecule has 234 valence electrons. The van der Waals surface area contributed by atoms with Crippen LogP contribution < -0.4 is 14.8 Å². The van der Waals surface area contributed by atoms with Crippen LogP contribution in [0.2, 0.25) is 0 Å². The smallest absolute Gasteiger partial charge is 0.338 e. The Bertz CT molecular complexity index is 1590. The standard InChI is InChI=1S/C35H41N2O5.C2H6/c1-6-33(38)40-21-13-14-22-41-35(39)28-16-12-11-15-27(28)34-29-19-17-25(36(7-2)8-3)23-31(29)42-32-24-26(18-20-30(32)34)37(9-4)10-5;1-2/h6,11-12,15-20,23-24H,1,7-10,13-14,21-22H2,2-5H3;1-2H3/q+1;. The van der Waals surface area contributed by atoms with Gasteiger partial charge in [0, 0.05) is 53.5 Å². The summed E-state index contributed by atoms with van der Waals surface area (Å²) in [4.78, 5) is 26.9. The summed E-state index contributed by atoms with van der Waals surface area (Å²) in [6.07, 6.45) is 2.31. The lowest BCUT2D eigenvalue weighted by atomic mass is 9.90. The van der Waals surface area contributed by atoms with E-state index in [1.165, 1.54) is 0 Å². The predicted octanol–water partition coefficient (Wildman–Crippen LogP) is 7.56. The second-order valence-electron chi connectivity index (χ2n) is 9.94. The van der Waals surface area contributed by atoms with Crippen molar-refractivity contribution in [1.29, 1.82) is 0 Å². The minimum Gasteiger partial charge on any atom is -0.463 e. The van der Waals surface area contributed by atoms with Crippen molar-refractivity contribution in [2.24, 2.45) is 0 Å². The Labute approximate surface area is 261 Å². The predicted molar refractivity (Wildman–Crippen MR) is 180 cm³/mol. The van der Waals surface area contributed by atoms with Gasteiger partial charge in [-0.3, -0.25) is 0 Å². The Kier molecular flexibility index (Phi) is 13.2. The van der Waals surface area contributed by atoms with Gasteiger partial charge in [-0.2, -0.15) is 0 Å². The van der Waals surface area contributed by atoms with E-state index in [4.69, 9.17) is 13.9 Å². The summed E-state index contributed by atoms with van der Waals surface area (Å²) < 4.78 is 19.5. The number of fused-ring (bicyclic) bond motifs is 2. The molecule has 4 rings (SSSR count). The Morgan fingerprint density at radius 1 is 0.864 bits per heavy atom. The maximum atomic E-state index is 13.4. The average molecular weight is 600 g/mol. The topological polar surface area (TPSA) is 72.0 Å². The summed E-state index contributed by atoms with van der Waals surface area (Å²) in [5.74, 6) is -0.0884. The minimum absolute atomic E-state index is 0.227. The Morgan fingerprint density at radius 3 is 2.20 bits per heavy atom. The van der Waals surface area contributed by atoms with Crippen LogP contribution in [0.5, 0.6) is 0 Å². The molecule has 2 aromatic rings. The molecular weight excluding hydrogens is 552 g/mol. The van der Waals surface area contributed by atoms with Crippen LogP contribution >= 0.6 is 0 Å². The monoisotopic (exact) mass is 599 g/mol. The zero-order chi connectivity index (χ0) is 32.1. The first-order valence-electron chi connectivity index (χ1n) is 15.8. The van der Waals surface area contributed by atoms with Gasteiger partial charge in [0.2, 0.25) is 5.36 Å². The largest absolute Gasteiger partial charge is 0.463 e. The molecule has 0 fully saturated rings. The summed E-state index contributed by atoms with van der Waals surface area (Å²) in [5.41, 5.74) is 5.00. The van der Waals surface area contributed by atoms with Gasteiger partial charge < -0.3 is 18.8 Å². The fraction of sp³-hybridized carbons (Fsp3) is 0.378. The summed E-state index contributed by atoms with van der Waals surface area (Å²) in [6, 6.07) is 20.2. The molecule has 0 aromatic heterocycles. The molecule has 7 nitrogen and oxygen atoms in total. The van der Waals surface area contributed by atoms with Gasteiger partial charge in [-0.05, 0) is 70.4 Å².